The van der Waals surface area contributed by atoms with E-state index in [9.17, 15) is 9.59 Å². The van der Waals surface area contributed by atoms with Gasteiger partial charge in [-0.05, 0) is 45.1 Å². The number of rotatable bonds is 3. The molecule has 3 rings (SSSR count). The summed E-state index contributed by atoms with van der Waals surface area (Å²) in [6, 6.07) is 7.06. The number of fused-ring (bicyclic) bond motifs is 1. The van der Waals surface area contributed by atoms with Crippen LogP contribution in [0.1, 0.15) is 24.6 Å². The Morgan fingerprint density at radius 1 is 1.36 bits per heavy atom. The van der Waals surface area contributed by atoms with Crippen LogP contribution >= 0.6 is 0 Å². The van der Waals surface area contributed by atoms with Crippen LogP contribution in [0.15, 0.2) is 33.5 Å². The Bertz CT molecular complexity index is 818. The van der Waals surface area contributed by atoms with Crippen molar-refractivity contribution >= 4 is 16.9 Å². The molecule has 6 nitrogen and oxygen atoms in total. The summed E-state index contributed by atoms with van der Waals surface area (Å²) in [6.07, 6.45) is 1.82. The molecule has 1 fully saturated rings. The van der Waals surface area contributed by atoms with Crippen LogP contribution in [-0.2, 0) is 0 Å². The van der Waals surface area contributed by atoms with Crippen LogP contribution in [0.25, 0.3) is 11.0 Å². The molecule has 2 aromatic rings. The molecule has 0 N–H and O–H groups in total. The molecule has 2 heterocycles. The lowest BCUT2D eigenvalue weighted by Gasteiger charge is -2.34. The minimum Gasteiger partial charge on any atom is -1.00 e. The fraction of sp³-hybridized carbons (Fsp3) is 0.444. The molecule has 0 atom stereocenters. The minimum absolute atomic E-state index is 0. The molecule has 1 aromatic heterocycles. The van der Waals surface area contributed by atoms with Gasteiger partial charge in [0.05, 0.1) is 7.11 Å². The quantitative estimate of drug-likeness (QED) is 0.658. The van der Waals surface area contributed by atoms with E-state index in [-0.39, 0.29) is 31.3 Å². The maximum Gasteiger partial charge on any atom is 1.00 e. The standard InChI is InChI=1S/C18H22N2O4.ClH/c1-19-9-7-13(8-10-19)20(2)17(21)14-11-12-5-4-6-15(23-3)16(12)24-18(14)22;/h4-6,11,13H,7-10H2,1-3H3;1H. The zero-order valence-electron chi connectivity index (χ0n) is 15.6. The normalized spacial score (nSPS) is 15.6. The minimum atomic E-state index is -0.628. The number of benzene rings is 1. The molecule has 1 aliphatic heterocycles. The molecular formula is C18H23ClN2O4. The van der Waals surface area contributed by atoms with Crippen molar-refractivity contribution in [1.29, 1.82) is 0 Å². The number of likely N-dealkylation sites (tertiary alicyclic amines) is 1. The number of para-hydroxylation sites is 1. The molecule has 0 aliphatic carbocycles. The number of piperidine rings is 1. The number of methoxy groups -OCH3 is 1. The molecule has 1 aromatic carbocycles. The van der Waals surface area contributed by atoms with Gasteiger partial charge in [0, 0.05) is 18.5 Å². The number of carbonyl (C=O) groups excluding carboxylic acids is 1. The van der Waals surface area contributed by atoms with E-state index in [4.69, 9.17) is 9.15 Å². The molecule has 25 heavy (non-hydrogen) atoms. The Kier molecular flexibility index (Phi) is 6.08. The third-order valence-corrected chi connectivity index (χ3v) is 4.73. The van der Waals surface area contributed by atoms with Gasteiger partial charge in [0.2, 0.25) is 0 Å². The first-order valence-corrected chi connectivity index (χ1v) is 8.08. The van der Waals surface area contributed by atoms with Gasteiger partial charge in [-0.3, -0.25) is 4.79 Å². The van der Waals surface area contributed by atoms with Gasteiger partial charge in [0.25, 0.3) is 5.91 Å². The van der Waals surface area contributed by atoms with Crippen molar-refractivity contribution in [3.8, 4) is 5.75 Å². The molecule has 1 aliphatic rings. The van der Waals surface area contributed by atoms with Gasteiger partial charge in [0.15, 0.2) is 11.3 Å². The van der Waals surface area contributed by atoms with Gasteiger partial charge >= 0.3 is 7.05 Å². The van der Waals surface area contributed by atoms with Gasteiger partial charge in [-0.25, -0.2) is 4.79 Å². The highest BCUT2D eigenvalue weighted by Crippen LogP contribution is 2.25. The van der Waals surface area contributed by atoms with Gasteiger partial charge in [-0.15, -0.1) is 0 Å². The summed E-state index contributed by atoms with van der Waals surface area (Å²) in [5.41, 5.74) is -0.197. The highest BCUT2D eigenvalue weighted by molar-refractivity contribution is 5.97. The third-order valence-electron chi connectivity index (χ3n) is 4.73. The second-order valence-electron chi connectivity index (χ2n) is 6.28. The molecule has 0 spiro atoms. The van der Waals surface area contributed by atoms with Crippen LogP contribution in [0.5, 0.6) is 5.75 Å². The lowest BCUT2D eigenvalue weighted by Crippen LogP contribution is -3.00. The van der Waals surface area contributed by atoms with Gasteiger partial charge in [-0.2, -0.15) is 0 Å². The largest absolute Gasteiger partial charge is 1.00 e. The van der Waals surface area contributed by atoms with E-state index >= 15 is 0 Å². The maximum atomic E-state index is 12.8. The van der Waals surface area contributed by atoms with E-state index in [1.807, 2.05) is 0 Å². The van der Waals surface area contributed by atoms with E-state index in [2.05, 4.69) is 11.9 Å². The predicted octanol–water partition coefficient (Wildman–Crippen LogP) is -0.916. The highest BCUT2D eigenvalue weighted by atomic mass is 35.5. The lowest BCUT2D eigenvalue weighted by atomic mass is 10.0. The molecule has 7 heteroatoms. The first-order valence-electron chi connectivity index (χ1n) is 8.08. The fourth-order valence-corrected chi connectivity index (χ4v) is 3.17. The summed E-state index contributed by atoms with van der Waals surface area (Å²) >= 11 is 0. The SMILES string of the molecule is COc1cccc2cc(C(=O)N(C)C3CCN(C)CC3)c(=O)oc12.[Cl-].[H+]. The summed E-state index contributed by atoms with van der Waals surface area (Å²) in [4.78, 5) is 29.0. The Morgan fingerprint density at radius 2 is 2.04 bits per heavy atom. The van der Waals surface area contributed by atoms with E-state index in [0.717, 1.165) is 25.9 Å². The third kappa shape index (κ3) is 3.80. The van der Waals surface area contributed by atoms with Crippen LogP contribution in [-0.4, -0.2) is 56.0 Å². The molecule has 0 unspecified atom stereocenters. The summed E-state index contributed by atoms with van der Waals surface area (Å²) in [7, 11) is 5.35. The zero-order valence-corrected chi connectivity index (χ0v) is 15.4. The zero-order chi connectivity index (χ0) is 17.3. The molecule has 0 bridgehead atoms. The predicted molar refractivity (Wildman–Crippen MR) is 92.8 cm³/mol. The topological polar surface area (TPSA) is 63.0 Å². The Labute approximate surface area is 154 Å². The van der Waals surface area contributed by atoms with E-state index < -0.39 is 5.63 Å². The van der Waals surface area contributed by atoms with Crippen molar-refractivity contribution in [2.24, 2.45) is 0 Å². The summed E-state index contributed by atoms with van der Waals surface area (Å²) in [5.74, 6) is 0.190. The Balaban J connectivity index is 0.00000169. The van der Waals surface area contributed by atoms with Gasteiger partial charge in [0.1, 0.15) is 5.56 Å². The van der Waals surface area contributed by atoms with Crippen molar-refractivity contribution in [2.75, 3.05) is 34.3 Å². The molecule has 136 valence electrons. The molecular weight excluding hydrogens is 344 g/mol. The van der Waals surface area contributed by atoms with Crippen molar-refractivity contribution in [3.63, 3.8) is 0 Å². The number of hydrogen-bond acceptors (Lipinski definition) is 5. The number of halogens is 1. The van der Waals surface area contributed by atoms with Crippen LogP contribution in [0.4, 0.5) is 0 Å². The Morgan fingerprint density at radius 3 is 2.68 bits per heavy atom. The van der Waals surface area contributed by atoms with Crippen molar-refractivity contribution in [3.05, 3.63) is 40.2 Å². The van der Waals surface area contributed by atoms with E-state index in [1.165, 1.54) is 7.11 Å². The summed E-state index contributed by atoms with van der Waals surface area (Å²) in [6.45, 7) is 1.90. The van der Waals surface area contributed by atoms with Crippen LogP contribution < -0.4 is 22.8 Å². The van der Waals surface area contributed by atoms with Crippen LogP contribution in [0.3, 0.4) is 0 Å². The van der Waals surface area contributed by atoms with Crippen LogP contribution in [0, 0.1) is 0 Å². The highest BCUT2D eigenvalue weighted by Gasteiger charge is 2.27. The average Bonchev–Trinajstić information content (AvgIpc) is 2.60. The van der Waals surface area contributed by atoms with Crippen LogP contribution in [0.2, 0.25) is 0 Å². The second-order valence-corrected chi connectivity index (χ2v) is 6.28. The van der Waals surface area contributed by atoms with E-state index in [1.54, 1.807) is 36.2 Å². The summed E-state index contributed by atoms with van der Waals surface area (Å²) in [5, 5.41) is 0.675. The van der Waals surface area contributed by atoms with E-state index in [0.29, 0.717) is 16.7 Å². The average molecular weight is 367 g/mol. The van der Waals surface area contributed by atoms with Gasteiger partial charge in [-0.1, -0.05) is 12.1 Å². The number of nitrogens with zero attached hydrogens (tertiary/aromatic N) is 2. The number of carbonyl (C=O) groups is 1. The smallest absolute Gasteiger partial charge is 1.00 e. The first kappa shape index (κ1) is 19.3. The monoisotopic (exact) mass is 366 g/mol. The van der Waals surface area contributed by atoms with Crippen molar-refractivity contribution < 1.29 is 27.8 Å². The second kappa shape index (κ2) is 7.89. The number of amides is 1. The van der Waals surface area contributed by atoms with Gasteiger partial charge < -0.3 is 31.4 Å². The number of hydrogen-bond donors (Lipinski definition) is 0. The maximum absolute atomic E-state index is 12.8. The molecule has 1 amide bonds. The molecule has 1 saturated heterocycles. The summed E-state index contributed by atoms with van der Waals surface area (Å²) < 4.78 is 10.6. The lowest BCUT2D eigenvalue weighted by molar-refractivity contribution is -0.0000168. The fourth-order valence-electron chi connectivity index (χ4n) is 3.17. The first-order chi connectivity index (χ1) is 11.5. The Hall–Kier alpha value is -2.05. The van der Waals surface area contributed by atoms with Crippen molar-refractivity contribution in [1.82, 2.24) is 9.80 Å². The number of ether oxygens (including phenoxy) is 1. The molecule has 0 radical (unpaired) electrons. The van der Waals surface area contributed by atoms with Crippen molar-refractivity contribution in [2.45, 2.75) is 18.9 Å². The molecule has 0 saturated carbocycles.